The number of carbonyl (C=O) groups is 1. The van der Waals surface area contributed by atoms with Gasteiger partial charge in [-0.2, -0.15) is 10.2 Å². The molecule has 0 spiro atoms. The van der Waals surface area contributed by atoms with Gasteiger partial charge in [0.2, 0.25) is 0 Å². The summed E-state index contributed by atoms with van der Waals surface area (Å²) in [5, 5.41) is 8.88. The van der Waals surface area contributed by atoms with Gasteiger partial charge >= 0.3 is 0 Å². The van der Waals surface area contributed by atoms with Crippen LogP contribution in [-0.2, 0) is 19.6 Å². The fourth-order valence-electron chi connectivity index (χ4n) is 2.51. The zero-order chi connectivity index (χ0) is 16.4. The second kappa shape index (κ2) is 6.64. The Morgan fingerprint density at radius 3 is 2.45 bits per heavy atom. The number of aromatic nitrogens is 4. The van der Waals surface area contributed by atoms with Crippen molar-refractivity contribution in [3.05, 3.63) is 33.3 Å². The van der Waals surface area contributed by atoms with Crippen molar-refractivity contribution in [3.8, 4) is 0 Å². The second-order valence-electron chi connectivity index (χ2n) is 5.30. The summed E-state index contributed by atoms with van der Waals surface area (Å²) < 4.78 is 4.63. The van der Waals surface area contributed by atoms with Crippen molar-refractivity contribution in [1.82, 2.24) is 24.5 Å². The zero-order valence-corrected chi connectivity index (χ0v) is 15.3. The van der Waals surface area contributed by atoms with Gasteiger partial charge in [0.25, 0.3) is 5.91 Å². The van der Waals surface area contributed by atoms with Gasteiger partial charge in [-0.05, 0) is 43.6 Å². The fraction of sp³-hybridized carbons (Fsp3) is 0.533. The molecular weight excluding hydrogens is 346 g/mol. The molecule has 0 unspecified atom stereocenters. The quantitative estimate of drug-likeness (QED) is 0.816. The van der Waals surface area contributed by atoms with E-state index < -0.39 is 0 Å². The van der Waals surface area contributed by atoms with Gasteiger partial charge in [-0.3, -0.25) is 14.2 Å². The molecule has 0 N–H and O–H groups in total. The normalized spacial score (nSPS) is 11.0. The first-order chi connectivity index (χ1) is 10.4. The Morgan fingerprint density at radius 1 is 1.27 bits per heavy atom. The van der Waals surface area contributed by atoms with Crippen molar-refractivity contribution in [2.24, 2.45) is 0 Å². The largest absolute Gasteiger partial charge is 0.336 e. The Bertz CT molecular complexity index is 688. The summed E-state index contributed by atoms with van der Waals surface area (Å²) in [6, 6.07) is 0. The summed E-state index contributed by atoms with van der Waals surface area (Å²) >= 11 is 3.50. The van der Waals surface area contributed by atoms with Crippen LogP contribution in [0.4, 0.5) is 0 Å². The van der Waals surface area contributed by atoms with Crippen molar-refractivity contribution in [1.29, 1.82) is 0 Å². The molecule has 7 heteroatoms. The highest BCUT2D eigenvalue weighted by Gasteiger charge is 2.22. The first-order valence-electron chi connectivity index (χ1n) is 7.40. The Morgan fingerprint density at radius 2 is 1.95 bits per heavy atom. The first kappa shape index (κ1) is 16.7. The average molecular weight is 368 g/mol. The van der Waals surface area contributed by atoms with Crippen LogP contribution in [0.3, 0.4) is 0 Å². The van der Waals surface area contributed by atoms with Crippen LogP contribution in [0.1, 0.15) is 41.3 Å². The Hall–Kier alpha value is -1.63. The monoisotopic (exact) mass is 367 g/mol. The lowest BCUT2D eigenvalue weighted by Gasteiger charge is -2.16. The van der Waals surface area contributed by atoms with Crippen molar-refractivity contribution in [2.75, 3.05) is 7.05 Å². The molecule has 2 aromatic heterocycles. The molecular formula is C15H22BrN5O. The van der Waals surface area contributed by atoms with Crippen LogP contribution in [0.2, 0.25) is 0 Å². The van der Waals surface area contributed by atoms with Crippen molar-refractivity contribution in [2.45, 2.75) is 47.3 Å². The molecule has 6 nitrogen and oxygen atoms in total. The maximum atomic E-state index is 12.7. The average Bonchev–Trinajstić information content (AvgIpc) is 2.98. The molecule has 0 saturated carbocycles. The number of halogens is 1. The van der Waals surface area contributed by atoms with Crippen molar-refractivity contribution >= 4 is 21.8 Å². The Balaban J connectivity index is 2.22. The molecule has 0 bridgehead atoms. The summed E-state index contributed by atoms with van der Waals surface area (Å²) in [7, 11) is 1.79. The molecule has 0 saturated heterocycles. The number of nitrogens with zero attached hydrogens (tertiary/aromatic N) is 5. The Labute approximate surface area is 139 Å². The SMILES string of the molecule is CCn1cc(Br)c(CN(C)C(=O)c2c(C)nn(CC)c2C)n1. The van der Waals surface area contributed by atoms with Gasteiger partial charge < -0.3 is 4.90 Å². The van der Waals surface area contributed by atoms with E-state index >= 15 is 0 Å². The third-order valence-corrected chi connectivity index (χ3v) is 4.40. The highest BCUT2D eigenvalue weighted by atomic mass is 79.9. The molecule has 1 amide bonds. The summed E-state index contributed by atoms with van der Waals surface area (Å²) in [4.78, 5) is 14.4. The van der Waals surface area contributed by atoms with Crippen LogP contribution in [-0.4, -0.2) is 37.4 Å². The molecule has 2 rings (SSSR count). The van der Waals surface area contributed by atoms with Crippen LogP contribution < -0.4 is 0 Å². The fourth-order valence-corrected chi connectivity index (χ4v) is 2.95. The minimum Gasteiger partial charge on any atom is -0.336 e. The molecule has 0 fully saturated rings. The molecule has 0 atom stereocenters. The van der Waals surface area contributed by atoms with E-state index in [0.717, 1.165) is 34.6 Å². The standard InChI is InChI=1S/C15H22BrN5O/c1-6-20-8-12(16)13(18-20)9-19(5)15(22)14-10(3)17-21(7-2)11(14)4/h8H,6-7,9H2,1-5H3. The van der Waals surface area contributed by atoms with E-state index in [2.05, 4.69) is 26.1 Å². The lowest BCUT2D eigenvalue weighted by Crippen LogP contribution is -2.27. The number of aryl methyl sites for hydroxylation is 3. The number of hydrogen-bond donors (Lipinski definition) is 0. The lowest BCUT2D eigenvalue weighted by molar-refractivity contribution is 0.0781. The number of hydrogen-bond acceptors (Lipinski definition) is 3. The van der Waals surface area contributed by atoms with Gasteiger partial charge in [-0.25, -0.2) is 0 Å². The minimum absolute atomic E-state index is 0.0207. The van der Waals surface area contributed by atoms with Gasteiger partial charge in [0, 0.05) is 32.0 Å². The van der Waals surface area contributed by atoms with Gasteiger partial charge in [0.1, 0.15) is 0 Å². The molecule has 22 heavy (non-hydrogen) atoms. The zero-order valence-electron chi connectivity index (χ0n) is 13.7. The molecule has 0 aliphatic rings. The van der Waals surface area contributed by atoms with Crippen LogP contribution in [0.5, 0.6) is 0 Å². The van der Waals surface area contributed by atoms with Gasteiger partial charge in [-0.15, -0.1) is 0 Å². The van der Waals surface area contributed by atoms with E-state index in [1.54, 1.807) is 11.9 Å². The molecule has 2 heterocycles. The van der Waals surface area contributed by atoms with Crippen molar-refractivity contribution < 1.29 is 4.79 Å². The summed E-state index contributed by atoms with van der Waals surface area (Å²) in [6.45, 7) is 9.89. The molecule has 0 aliphatic carbocycles. The van der Waals surface area contributed by atoms with Crippen LogP contribution in [0.15, 0.2) is 10.7 Å². The van der Waals surface area contributed by atoms with Crippen LogP contribution in [0, 0.1) is 13.8 Å². The molecule has 0 aliphatic heterocycles. The number of carbonyl (C=O) groups excluding carboxylic acids is 1. The molecule has 120 valence electrons. The maximum absolute atomic E-state index is 12.7. The Kier molecular flexibility index (Phi) is 5.05. The van der Waals surface area contributed by atoms with E-state index in [-0.39, 0.29) is 5.91 Å². The van der Waals surface area contributed by atoms with E-state index in [9.17, 15) is 4.79 Å². The maximum Gasteiger partial charge on any atom is 0.257 e. The molecule has 2 aromatic rings. The third-order valence-electron chi connectivity index (χ3n) is 3.74. The molecule has 0 radical (unpaired) electrons. The van der Waals surface area contributed by atoms with E-state index in [1.165, 1.54) is 0 Å². The number of rotatable bonds is 5. The highest BCUT2D eigenvalue weighted by molar-refractivity contribution is 9.10. The van der Waals surface area contributed by atoms with Gasteiger partial charge in [0.15, 0.2) is 0 Å². The predicted molar refractivity (Wildman–Crippen MR) is 88.8 cm³/mol. The summed E-state index contributed by atoms with van der Waals surface area (Å²) in [6.07, 6.45) is 1.93. The topological polar surface area (TPSA) is 56.0 Å². The smallest absolute Gasteiger partial charge is 0.257 e. The molecule has 0 aromatic carbocycles. The third kappa shape index (κ3) is 3.09. The van der Waals surface area contributed by atoms with Crippen LogP contribution in [0.25, 0.3) is 0 Å². The minimum atomic E-state index is -0.0207. The number of amides is 1. The summed E-state index contributed by atoms with van der Waals surface area (Å²) in [5.74, 6) is -0.0207. The van der Waals surface area contributed by atoms with Gasteiger partial charge in [-0.1, -0.05) is 0 Å². The van der Waals surface area contributed by atoms with E-state index in [4.69, 9.17) is 0 Å². The first-order valence-corrected chi connectivity index (χ1v) is 8.19. The van der Waals surface area contributed by atoms with Crippen LogP contribution >= 0.6 is 15.9 Å². The van der Waals surface area contributed by atoms with Gasteiger partial charge in [0.05, 0.1) is 28.0 Å². The van der Waals surface area contributed by atoms with Crippen molar-refractivity contribution in [3.63, 3.8) is 0 Å². The van der Waals surface area contributed by atoms with E-state index in [0.29, 0.717) is 12.1 Å². The van der Waals surface area contributed by atoms with E-state index in [1.807, 2.05) is 43.3 Å². The predicted octanol–water partition coefficient (Wildman–Crippen LogP) is 2.77. The second-order valence-corrected chi connectivity index (χ2v) is 6.16. The summed E-state index contributed by atoms with van der Waals surface area (Å²) in [5.41, 5.74) is 3.23. The lowest BCUT2D eigenvalue weighted by atomic mass is 10.1. The highest BCUT2D eigenvalue weighted by Crippen LogP contribution is 2.19.